The lowest BCUT2D eigenvalue weighted by atomic mass is 9.94. The summed E-state index contributed by atoms with van der Waals surface area (Å²) in [7, 11) is 1.87. The molecule has 0 saturated heterocycles. The van der Waals surface area contributed by atoms with E-state index in [1.165, 1.54) is 11.1 Å². The summed E-state index contributed by atoms with van der Waals surface area (Å²) in [5, 5.41) is 14.9. The molecular formula is C34H48N4O3. The van der Waals surface area contributed by atoms with E-state index in [9.17, 15) is 10.1 Å². The van der Waals surface area contributed by atoms with Crippen LogP contribution in [0.4, 0.5) is 0 Å². The smallest absolute Gasteiger partial charge is 0.265 e. The van der Waals surface area contributed by atoms with Crippen molar-refractivity contribution >= 4 is 5.91 Å². The number of nitrogens with zero attached hydrogens (tertiary/aromatic N) is 2. The highest BCUT2D eigenvalue weighted by molar-refractivity contribution is 5.94. The number of hydrazine groups is 1. The van der Waals surface area contributed by atoms with Crippen LogP contribution in [0.3, 0.4) is 0 Å². The molecule has 2 aromatic rings. The molecule has 0 heterocycles. The Labute approximate surface area is 247 Å². The molecule has 2 aromatic carbocycles. The van der Waals surface area contributed by atoms with Crippen LogP contribution < -0.4 is 15.5 Å². The molecule has 41 heavy (non-hydrogen) atoms. The van der Waals surface area contributed by atoms with Crippen molar-refractivity contribution in [2.24, 2.45) is 5.92 Å². The van der Waals surface area contributed by atoms with E-state index in [-0.39, 0.29) is 24.0 Å². The fourth-order valence-corrected chi connectivity index (χ4v) is 4.36. The molecule has 0 aliphatic heterocycles. The predicted molar refractivity (Wildman–Crippen MR) is 166 cm³/mol. The van der Waals surface area contributed by atoms with Gasteiger partial charge in [-0.15, -0.1) is 0 Å². The third-order valence-electron chi connectivity index (χ3n) is 6.93. The number of allylic oxidation sites excluding steroid dienone is 3. The van der Waals surface area contributed by atoms with Gasteiger partial charge in [-0.2, -0.15) is 5.26 Å². The van der Waals surface area contributed by atoms with E-state index in [1.54, 1.807) is 18.2 Å². The molecule has 7 heteroatoms. The van der Waals surface area contributed by atoms with Crippen LogP contribution in [0.5, 0.6) is 5.75 Å². The van der Waals surface area contributed by atoms with Crippen LogP contribution in [0.15, 0.2) is 72.8 Å². The molecule has 0 aliphatic rings. The summed E-state index contributed by atoms with van der Waals surface area (Å²) in [5.41, 5.74) is 5.72. The number of hydrogen-bond acceptors (Lipinski definition) is 6. The summed E-state index contributed by atoms with van der Waals surface area (Å²) >= 11 is 0. The van der Waals surface area contributed by atoms with Gasteiger partial charge in [0.1, 0.15) is 17.5 Å². The first kappa shape index (κ1) is 33.8. The first-order chi connectivity index (χ1) is 19.4. The van der Waals surface area contributed by atoms with Crippen molar-refractivity contribution in [1.82, 2.24) is 15.8 Å². The molecule has 2 rings (SSSR count). The lowest BCUT2D eigenvalue weighted by molar-refractivity contribution is -0.0643. The van der Waals surface area contributed by atoms with Gasteiger partial charge in [0.05, 0.1) is 18.3 Å². The van der Waals surface area contributed by atoms with Crippen LogP contribution in [0.2, 0.25) is 0 Å². The highest BCUT2D eigenvalue weighted by atomic mass is 16.5. The molecule has 0 bridgehead atoms. The molecule has 0 radical (unpaired) electrons. The summed E-state index contributed by atoms with van der Waals surface area (Å²) < 4.78 is 12.1. The van der Waals surface area contributed by atoms with Gasteiger partial charge < -0.3 is 9.47 Å². The summed E-state index contributed by atoms with van der Waals surface area (Å²) in [5.74, 6) is 0.481. The largest absolute Gasteiger partial charge is 0.490 e. The first-order valence-corrected chi connectivity index (χ1v) is 14.4. The van der Waals surface area contributed by atoms with Crippen molar-refractivity contribution in [2.75, 3.05) is 13.7 Å². The Kier molecular flexibility index (Phi) is 13.8. The molecule has 7 nitrogen and oxygen atoms in total. The molecule has 222 valence electrons. The van der Waals surface area contributed by atoms with Gasteiger partial charge in [0.2, 0.25) is 0 Å². The van der Waals surface area contributed by atoms with Gasteiger partial charge in [0, 0.05) is 25.2 Å². The molecule has 2 N–H and O–H groups in total. The molecular weight excluding hydrogens is 512 g/mol. The fourth-order valence-electron chi connectivity index (χ4n) is 4.36. The standard InChI is InChI=1S/C34H48N4O3/c1-9-13-26(4)16-17-29(24-40-34(6,7)36-23-28-14-11-10-12-15-28)20-27(5)38(8)37-33(39)30-18-19-32(41-25(2)3)31(21-30)22-35/h9-15,18-19,21,25,27,29,36H,1,16-17,20,23-24H2,2-8H3,(H,37,39)/b26-13+. The monoisotopic (exact) mass is 560 g/mol. The Morgan fingerprint density at radius 2 is 1.88 bits per heavy atom. The maximum Gasteiger partial charge on any atom is 0.265 e. The zero-order valence-corrected chi connectivity index (χ0v) is 25.9. The number of nitriles is 1. The molecule has 0 aliphatic carbocycles. The molecule has 2 unspecified atom stereocenters. The van der Waals surface area contributed by atoms with E-state index >= 15 is 0 Å². The van der Waals surface area contributed by atoms with Gasteiger partial charge in [-0.25, -0.2) is 5.01 Å². The molecule has 0 saturated carbocycles. The zero-order valence-electron chi connectivity index (χ0n) is 25.9. The minimum Gasteiger partial charge on any atom is -0.490 e. The molecule has 1 amide bonds. The maximum atomic E-state index is 13.0. The summed E-state index contributed by atoms with van der Waals surface area (Å²) in [6, 6.07) is 17.4. The number of rotatable bonds is 17. The van der Waals surface area contributed by atoms with Crippen molar-refractivity contribution in [3.8, 4) is 11.8 Å². The van der Waals surface area contributed by atoms with Gasteiger partial charge in [-0.1, -0.05) is 54.6 Å². The number of benzene rings is 2. The number of nitrogens with one attached hydrogen (secondary N) is 2. The van der Waals surface area contributed by atoms with Crippen molar-refractivity contribution in [3.63, 3.8) is 0 Å². The first-order valence-electron chi connectivity index (χ1n) is 14.4. The lowest BCUT2D eigenvalue weighted by Gasteiger charge is -2.32. The van der Waals surface area contributed by atoms with Gasteiger partial charge in [0.15, 0.2) is 0 Å². The maximum absolute atomic E-state index is 13.0. The van der Waals surface area contributed by atoms with Crippen LogP contribution in [0.25, 0.3) is 0 Å². The molecule has 0 fully saturated rings. The summed E-state index contributed by atoms with van der Waals surface area (Å²) in [6.07, 6.45) is 6.54. The van der Waals surface area contributed by atoms with Gasteiger partial charge in [-0.05, 0) is 90.5 Å². The van der Waals surface area contributed by atoms with Gasteiger partial charge in [0.25, 0.3) is 5.91 Å². The van der Waals surface area contributed by atoms with Crippen LogP contribution >= 0.6 is 0 Å². The summed E-state index contributed by atoms with van der Waals surface area (Å²) in [4.78, 5) is 13.0. The minimum atomic E-state index is -0.493. The van der Waals surface area contributed by atoms with Crippen molar-refractivity contribution in [3.05, 3.63) is 89.5 Å². The van der Waals surface area contributed by atoms with E-state index < -0.39 is 5.72 Å². The highest BCUT2D eigenvalue weighted by Gasteiger charge is 2.23. The number of amides is 1. The van der Waals surface area contributed by atoms with Crippen molar-refractivity contribution < 1.29 is 14.3 Å². The van der Waals surface area contributed by atoms with Crippen molar-refractivity contribution in [2.45, 2.75) is 85.2 Å². The minimum absolute atomic E-state index is 0.0515. The summed E-state index contributed by atoms with van der Waals surface area (Å²) in [6.45, 7) is 17.2. The van der Waals surface area contributed by atoms with Crippen molar-refractivity contribution in [1.29, 1.82) is 5.26 Å². The Morgan fingerprint density at radius 1 is 1.17 bits per heavy atom. The Hall–Kier alpha value is -3.44. The molecule has 2 atom stereocenters. The fraction of sp³-hybridized carbons (Fsp3) is 0.471. The molecule has 0 spiro atoms. The SMILES string of the molecule is C=C/C=C(\C)CCC(COC(C)(C)NCc1ccccc1)CC(C)N(C)NC(=O)c1ccc(OC(C)C)c(C#N)c1. The van der Waals surface area contributed by atoms with Crippen LogP contribution in [0.1, 0.15) is 82.3 Å². The van der Waals surface area contributed by atoms with E-state index in [4.69, 9.17) is 9.47 Å². The zero-order chi connectivity index (χ0) is 30.4. The average molecular weight is 561 g/mol. The van der Waals surface area contributed by atoms with Crippen LogP contribution in [0, 0.1) is 17.2 Å². The van der Waals surface area contributed by atoms with Crippen LogP contribution in [-0.2, 0) is 11.3 Å². The third-order valence-corrected chi connectivity index (χ3v) is 6.93. The number of ether oxygens (including phenoxy) is 2. The number of hydrogen-bond donors (Lipinski definition) is 2. The second-order valence-electron chi connectivity index (χ2n) is 11.4. The molecule has 0 aromatic heterocycles. The topological polar surface area (TPSA) is 86.6 Å². The number of carbonyl (C=O) groups is 1. The lowest BCUT2D eigenvalue weighted by Crippen LogP contribution is -2.46. The van der Waals surface area contributed by atoms with E-state index in [2.05, 4.69) is 63.2 Å². The third kappa shape index (κ3) is 12.3. The second kappa shape index (κ2) is 16.7. The van der Waals surface area contributed by atoms with Gasteiger partial charge in [-0.3, -0.25) is 15.5 Å². The highest BCUT2D eigenvalue weighted by Crippen LogP contribution is 2.23. The van der Waals surface area contributed by atoms with Gasteiger partial charge >= 0.3 is 0 Å². The quantitative estimate of drug-likeness (QED) is 0.126. The Bertz CT molecular complexity index is 1180. The van der Waals surface area contributed by atoms with E-state index in [0.717, 1.165) is 25.8 Å². The van der Waals surface area contributed by atoms with E-state index in [0.29, 0.717) is 23.5 Å². The van der Waals surface area contributed by atoms with E-state index in [1.807, 2.05) is 56.3 Å². The average Bonchev–Trinajstić information content (AvgIpc) is 2.94. The second-order valence-corrected chi connectivity index (χ2v) is 11.4. The predicted octanol–water partition coefficient (Wildman–Crippen LogP) is 6.77. The normalized spacial score (nSPS) is 13.5. The Morgan fingerprint density at radius 3 is 2.51 bits per heavy atom. The van der Waals surface area contributed by atoms with Crippen LogP contribution in [-0.4, -0.2) is 42.4 Å². The number of carbonyl (C=O) groups excluding carboxylic acids is 1. The Balaban J connectivity index is 2.02.